The van der Waals surface area contributed by atoms with Crippen molar-refractivity contribution in [2.75, 3.05) is 16.4 Å². The molecule has 0 saturated carbocycles. The molecule has 4 aromatic carbocycles. The highest BCUT2D eigenvalue weighted by Gasteiger charge is 2.41. The minimum Gasteiger partial charge on any atom is -0.490 e. The minimum absolute atomic E-state index is 0.0161. The lowest BCUT2D eigenvalue weighted by molar-refractivity contribution is -0.120. The van der Waals surface area contributed by atoms with E-state index in [9.17, 15) is 9.59 Å². The summed E-state index contributed by atoms with van der Waals surface area (Å²) in [6.45, 7) is 6.82. The number of hydrogen-bond donors (Lipinski definition) is 0. The smallest absolute Gasteiger partial charge is 0.270 e. The van der Waals surface area contributed by atoms with Gasteiger partial charge in [0.1, 0.15) is 12.2 Å². The second kappa shape index (κ2) is 12.2. The second-order valence-electron chi connectivity index (χ2n) is 9.72. The van der Waals surface area contributed by atoms with Crippen molar-refractivity contribution in [2.24, 2.45) is 0 Å². The van der Waals surface area contributed by atoms with Crippen LogP contribution in [0.15, 0.2) is 103 Å². The van der Waals surface area contributed by atoms with Crippen LogP contribution >= 0.6 is 12.2 Å². The van der Waals surface area contributed by atoms with Gasteiger partial charge in [-0.1, -0.05) is 71.8 Å². The Morgan fingerprint density at radius 3 is 1.80 bits per heavy atom. The number of aryl methyl sites for hydroxylation is 2. The van der Waals surface area contributed by atoms with E-state index in [1.165, 1.54) is 20.9 Å². The number of thiocarbonyl (C=S) groups is 1. The van der Waals surface area contributed by atoms with Gasteiger partial charge in [0.25, 0.3) is 11.8 Å². The molecule has 6 nitrogen and oxygen atoms in total. The molecule has 0 N–H and O–H groups in total. The summed E-state index contributed by atoms with van der Waals surface area (Å²) < 4.78 is 12.0. The number of ether oxygens (including phenoxy) is 2. The zero-order chi connectivity index (χ0) is 28.9. The van der Waals surface area contributed by atoms with Crippen LogP contribution in [0.4, 0.5) is 11.4 Å². The molecular weight excluding hydrogens is 532 g/mol. The Morgan fingerprint density at radius 1 is 0.707 bits per heavy atom. The van der Waals surface area contributed by atoms with E-state index in [1.807, 2.05) is 43.3 Å². The van der Waals surface area contributed by atoms with E-state index in [2.05, 4.69) is 32.0 Å². The Morgan fingerprint density at radius 2 is 1.27 bits per heavy atom. The molecule has 1 fully saturated rings. The van der Waals surface area contributed by atoms with E-state index in [0.717, 1.165) is 5.56 Å². The zero-order valence-corrected chi connectivity index (χ0v) is 24.0. The molecule has 2 amide bonds. The maximum Gasteiger partial charge on any atom is 0.270 e. The molecule has 4 aromatic rings. The number of benzene rings is 4. The van der Waals surface area contributed by atoms with E-state index in [-0.39, 0.29) is 10.7 Å². The van der Waals surface area contributed by atoms with E-state index >= 15 is 0 Å². The Balaban J connectivity index is 1.51. The Labute approximate surface area is 245 Å². The number of hydrogen-bond acceptors (Lipinski definition) is 5. The molecule has 0 bridgehead atoms. The molecule has 1 saturated heterocycles. The van der Waals surface area contributed by atoms with Crippen molar-refractivity contribution >= 4 is 46.6 Å². The van der Waals surface area contributed by atoms with Gasteiger partial charge in [-0.3, -0.25) is 19.4 Å². The van der Waals surface area contributed by atoms with Gasteiger partial charge in [-0.15, -0.1) is 0 Å². The summed E-state index contributed by atoms with van der Waals surface area (Å²) in [4.78, 5) is 30.4. The molecule has 1 heterocycles. The van der Waals surface area contributed by atoms with Crippen molar-refractivity contribution in [1.29, 1.82) is 0 Å². The fourth-order valence-electron chi connectivity index (χ4n) is 4.82. The van der Waals surface area contributed by atoms with Gasteiger partial charge in [0.2, 0.25) is 0 Å². The first-order valence-electron chi connectivity index (χ1n) is 13.4. The minimum atomic E-state index is -0.494. The molecule has 0 aromatic heterocycles. The molecule has 7 heteroatoms. The quantitative estimate of drug-likeness (QED) is 0.131. The van der Waals surface area contributed by atoms with Gasteiger partial charge in [-0.05, 0) is 86.6 Å². The maximum atomic E-state index is 13.8. The van der Waals surface area contributed by atoms with Crippen LogP contribution in [0.3, 0.4) is 0 Å². The van der Waals surface area contributed by atoms with Crippen molar-refractivity contribution in [3.05, 3.63) is 125 Å². The number of nitrogens with zero attached hydrogens (tertiary/aromatic N) is 2. The average Bonchev–Trinajstić information content (AvgIpc) is 2.96. The van der Waals surface area contributed by atoms with Gasteiger partial charge in [0, 0.05) is 0 Å². The van der Waals surface area contributed by atoms with Gasteiger partial charge in [0.05, 0.1) is 18.0 Å². The van der Waals surface area contributed by atoms with Gasteiger partial charge < -0.3 is 9.47 Å². The normalized spacial score (nSPS) is 13.4. The third-order valence-electron chi connectivity index (χ3n) is 6.53. The molecule has 0 unspecified atom stereocenters. The predicted octanol–water partition coefficient (Wildman–Crippen LogP) is 7.03. The van der Waals surface area contributed by atoms with Crippen LogP contribution in [0.2, 0.25) is 0 Å². The Hall–Kier alpha value is -4.75. The molecule has 0 atom stereocenters. The zero-order valence-electron chi connectivity index (χ0n) is 23.2. The number of amides is 2. The fourth-order valence-corrected chi connectivity index (χ4v) is 5.20. The largest absolute Gasteiger partial charge is 0.490 e. The lowest BCUT2D eigenvalue weighted by atomic mass is 10.0. The molecule has 0 aliphatic carbocycles. The molecule has 0 radical (unpaired) electrons. The molecule has 5 rings (SSSR count). The highest BCUT2D eigenvalue weighted by atomic mass is 32.1. The van der Waals surface area contributed by atoms with E-state index < -0.39 is 11.8 Å². The van der Waals surface area contributed by atoms with Crippen molar-refractivity contribution in [3.63, 3.8) is 0 Å². The molecule has 1 aliphatic rings. The van der Waals surface area contributed by atoms with Crippen LogP contribution in [0.5, 0.6) is 11.5 Å². The van der Waals surface area contributed by atoms with E-state index in [4.69, 9.17) is 21.7 Å². The van der Waals surface area contributed by atoms with Crippen molar-refractivity contribution in [3.8, 4) is 11.5 Å². The van der Waals surface area contributed by atoms with Gasteiger partial charge in [-0.2, -0.15) is 0 Å². The lowest BCUT2D eigenvalue weighted by Gasteiger charge is -2.36. The monoisotopic (exact) mass is 562 g/mol. The maximum absolute atomic E-state index is 13.8. The van der Waals surface area contributed by atoms with Crippen LogP contribution in [0.1, 0.15) is 29.2 Å². The number of carbonyl (C=O) groups is 2. The highest BCUT2D eigenvalue weighted by molar-refractivity contribution is 7.81. The van der Waals surface area contributed by atoms with Gasteiger partial charge in [0.15, 0.2) is 16.6 Å². The Bertz CT molecular complexity index is 1550. The van der Waals surface area contributed by atoms with Crippen LogP contribution < -0.4 is 19.3 Å². The summed E-state index contributed by atoms with van der Waals surface area (Å²) in [5.74, 6) is 0.114. The number of anilines is 2. The van der Waals surface area contributed by atoms with Crippen LogP contribution in [-0.4, -0.2) is 23.5 Å². The number of carbonyl (C=O) groups excluding carboxylic acids is 2. The third kappa shape index (κ3) is 6.05. The first-order chi connectivity index (χ1) is 19.9. The van der Waals surface area contributed by atoms with E-state index in [1.54, 1.807) is 48.5 Å². The standard InChI is InChI=1S/C34H30N2O4S/c1-4-39-31-21-25(15-16-30(31)40-22-26-18-23(2)17-24(3)19-26)20-29-32(37)35(27-11-7-5-8-12-27)34(41)36(33(29)38)28-13-9-6-10-14-28/h5-21H,4,22H2,1-3H3. The van der Waals surface area contributed by atoms with Crippen molar-refractivity contribution < 1.29 is 19.1 Å². The van der Waals surface area contributed by atoms with Crippen LogP contribution in [0, 0.1) is 13.8 Å². The molecule has 206 valence electrons. The first-order valence-corrected chi connectivity index (χ1v) is 13.8. The van der Waals surface area contributed by atoms with Crippen molar-refractivity contribution in [1.82, 2.24) is 0 Å². The SMILES string of the molecule is CCOc1cc(C=C2C(=O)N(c3ccccc3)C(=S)N(c3ccccc3)C2=O)ccc1OCc1cc(C)cc(C)c1. The highest BCUT2D eigenvalue weighted by Crippen LogP contribution is 2.33. The molecule has 0 spiro atoms. The second-order valence-corrected chi connectivity index (χ2v) is 10.1. The topological polar surface area (TPSA) is 59.1 Å². The lowest BCUT2D eigenvalue weighted by Crippen LogP contribution is -2.56. The fraction of sp³-hybridized carbons (Fsp3) is 0.147. The van der Waals surface area contributed by atoms with Gasteiger partial charge >= 0.3 is 0 Å². The summed E-state index contributed by atoms with van der Waals surface area (Å²) in [7, 11) is 0. The first kappa shape index (κ1) is 27.8. The molecule has 41 heavy (non-hydrogen) atoms. The average molecular weight is 563 g/mol. The summed E-state index contributed by atoms with van der Waals surface area (Å²) in [5, 5.41) is 0.0969. The third-order valence-corrected chi connectivity index (χ3v) is 6.90. The molecule has 1 aliphatic heterocycles. The number of rotatable bonds is 8. The Kier molecular flexibility index (Phi) is 8.26. The summed E-state index contributed by atoms with van der Waals surface area (Å²) in [6, 6.07) is 29.8. The molecular formula is C34H30N2O4S. The number of para-hydroxylation sites is 2. The summed E-state index contributed by atoms with van der Waals surface area (Å²) in [5.41, 5.74) is 5.17. The van der Waals surface area contributed by atoms with Crippen LogP contribution in [0.25, 0.3) is 6.08 Å². The van der Waals surface area contributed by atoms with Crippen molar-refractivity contribution in [2.45, 2.75) is 27.4 Å². The predicted molar refractivity (Wildman–Crippen MR) is 166 cm³/mol. The van der Waals surface area contributed by atoms with Crippen LogP contribution in [-0.2, 0) is 16.2 Å². The summed E-state index contributed by atoms with van der Waals surface area (Å²) >= 11 is 5.69. The summed E-state index contributed by atoms with van der Waals surface area (Å²) in [6.07, 6.45) is 1.58. The van der Waals surface area contributed by atoms with E-state index in [0.29, 0.717) is 41.7 Å². The van der Waals surface area contributed by atoms with Gasteiger partial charge in [-0.25, -0.2) is 0 Å².